The highest BCUT2D eigenvalue weighted by Crippen LogP contribution is 2.19. The van der Waals surface area contributed by atoms with Crippen LogP contribution in [-0.2, 0) is 22.4 Å². The van der Waals surface area contributed by atoms with Crippen LogP contribution < -0.4 is 4.74 Å². The summed E-state index contributed by atoms with van der Waals surface area (Å²) in [6.07, 6.45) is 1.89. The Balaban J connectivity index is 1.18. The van der Waals surface area contributed by atoms with Crippen LogP contribution >= 0.6 is 11.3 Å². The molecular weight excluding hydrogens is 428 g/mol. The number of aromatic nitrogens is 2. The summed E-state index contributed by atoms with van der Waals surface area (Å²) in [6, 6.07) is 9.70. The molecule has 0 radical (unpaired) electrons. The Morgan fingerprint density at radius 1 is 1.00 bits per heavy atom. The molecule has 3 aromatic rings. The molecule has 1 aromatic carbocycles. The molecule has 0 saturated carbocycles. The van der Waals surface area contributed by atoms with E-state index in [0.29, 0.717) is 63.6 Å². The molecule has 1 fully saturated rings. The van der Waals surface area contributed by atoms with Gasteiger partial charge < -0.3 is 19.1 Å². The van der Waals surface area contributed by atoms with Gasteiger partial charge in [0.15, 0.2) is 0 Å². The largest absolute Gasteiger partial charge is 0.497 e. The maximum absolute atomic E-state index is 12.6. The molecule has 9 heteroatoms. The molecule has 0 unspecified atom stereocenters. The SMILES string of the molecule is COc1ccc(CCC(=O)N2CCN(C(=O)CCc3nc(-c4ccsc4)no3)CC2)cc1. The highest BCUT2D eigenvalue weighted by Gasteiger charge is 2.24. The van der Waals surface area contributed by atoms with Crippen LogP contribution in [0.1, 0.15) is 24.3 Å². The van der Waals surface area contributed by atoms with E-state index in [4.69, 9.17) is 9.26 Å². The van der Waals surface area contributed by atoms with Crippen molar-refractivity contribution in [1.29, 1.82) is 0 Å². The lowest BCUT2D eigenvalue weighted by Gasteiger charge is -2.35. The lowest BCUT2D eigenvalue weighted by molar-refractivity contribution is -0.139. The number of piperazine rings is 1. The summed E-state index contributed by atoms with van der Waals surface area (Å²) in [5.41, 5.74) is 2.03. The highest BCUT2D eigenvalue weighted by molar-refractivity contribution is 7.08. The minimum atomic E-state index is 0.0469. The van der Waals surface area contributed by atoms with Crippen LogP contribution in [-0.4, -0.2) is 65.0 Å². The molecule has 3 heterocycles. The van der Waals surface area contributed by atoms with Crippen LogP contribution in [0.2, 0.25) is 0 Å². The smallest absolute Gasteiger partial charge is 0.227 e. The zero-order chi connectivity index (χ0) is 22.3. The van der Waals surface area contributed by atoms with Crippen molar-refractivity contribution >= 4 is 23.2 Å². The molecule has 4 rings (SSSR count). The number of benzene rings is 1. The fraction of sp³-hybridized carbons (Fsp3) is 0.391. The van der Waals surface area contributed by atoms with Crippen LogP contribution in [0.25, 0.3) is 11.4 Å². The first-order chi connectivity index (χ1) is 15.6. The fourth-order valence-corrected chi connectivity index (χ4v) is 4.28. The fourth-order valence-electron chi connectivity index (χ4n) is 3.64. The van der Waals surface area contributed by atoms with Gasteiger partial charge in [0.2, 0.25) is 23.5 Å². The predicted molar refractivity (Wildman–Crippen MR) is 120 cm³/mol. The second kappa shape index (κ2) is 10.4. The van der Waals surface area contributed by atoms with Gasteiger partial charge in [0, 0.05) is 56.4 Å². The average molecular weight is 455 g/mol. The topological polar surface area (TPSA) is 88.8 Å². The van der Waals surface area contributed by atoms with Crippen molar-refractivity contribution < 1.29 is 18.8 Å². The molecule has 2 aromatic heterocycles. The van der Waals surface area contributed by atoms with Gasteiger partial charge in [-0.25, -0.2) is 0 Å². The molecule has 32 heavy (non-hydrogen) atoms. The minimum Gasteiger partial charge on any atom is -0.497 e. The van der Waals surface area contributed by atoms with Gasteiger partial charge in [0.1, 0.15) is 5.75 Å². The van der Waals surface area contributed by atoms with Crippen molar-refractivity contribution in [2.45, 2.75) is 25.7 Å². The number of carbonyl (C=O) groups is 2. The summed E-state index contributed by atoms with van der Waals surface area (Å²) >= 11 is 1.57. The molecule has 0 atom stereocenters. The van der Waals surface area contributed by atoms with Crippen molar-refractivity contribution in [3.8, 4) is 17.1 Å². The number of ether oxygens (including phenoxy) is 1. The number of hydrogen-bond acceptors (Lipinski definition) is 7. The third kappa shape index (κ3) is 5.53. The third-order valence-corrected chi connectivity index (χ3v) is 6.26. The first kappa shape index (κ1) is 22.0. The van der Waals surface area contributed by atoms with Crippen LogP contribution in [0.4, 0.5) is 0 Å². The van der Waals surface area contributed by atoms with Crippen LogP contribution in [0, 0.1) is 0 Å². The van der Waals surface area contributed by atoms with Crippen molar-refractivity contribution in [3.05, 3.63) is 52.5 Å². The quantitative estimate of drug-likeness (QED) is 0.520. The first-order valence-electron chi connectivity index (χ1n) is 10.7. The van der Waals surface area contributed by atoms with Gasteiger partial charge >= 0.3 is 0 Å². The Hall–Kier alpha value is -3.20. The van der Waals surface area contributed by atoms with Crippen LogP contribution in [0.15, 0.2) is 45.6 Å². The molecule has 1 aliphatic rings. The summed E-state index contributed by atoms with van der Waals surface area (Å²) in [7, 11) is 1.64. The lowest BCUT2D eigenvalue weighted by atomic mass is 10.1. The van der Waals surface area contributed by atoms with E-state index in [1.807, 2.05) is 50.9 Å². The molecule has 0 spiro atoms. The molecule has 1 saturated heterocycles. The molecule has 0 N–H and O–H groups in total. The predicted octanol–water partition coefficient (Wildman–Crippen LogP) is 3.04. The van der Waals surface area contributed by atoms with Crippen molar-refractivity contribution in [1.82, 2.24) is 19.9 Å². The number of amides is 2. The van der Waals surface area contributed by atoms with Crippen LogP contribution in [0.3, 0.4) is 0 Å². The van der Waals surface area contributed by atoms with E-state index >= 15 is 0 Å². The van der Waals surface area contributed by atoms with Crippen molar-refractivity contribution in [3.63, 3.8) is 0 Å². The number of hydrogen-bond donors (Lipinski definition) is 0. The van der Waals surface area contributed by atoms with Crippen molar-refractivity contribution in [2.24, 2.45) is 0 Å². The molecule has 8 nitrogen and oxygen atoms in total. The van der Waals surface area contributed by atoms with Gasteiger partial charge in [-0.15, -0.1) is 0 Å². The normalized spacial score (nSPS) is 13.9. The number of aryl methyl sites for hydroxylation is 2. The third-order valence-electron chi connectivity index (χ3n) is 5.57. The number of nitrogens with zero attached hydrogens (tertiary/aromatic N) is 4. The summed E-state index contributed by atoms with van der Waals surface area (Å²) in [6.45, 7) is 2.24. The maximum atomic E-state index is 12.6. The van der Waals surface area contributed by atoms with Crippen LogP contribution in [0.5, 0.6) is 5.75 Å². The van der Waals surface area contributed by atoms with Crippen molar-refractivity contribution in [2.75, 3.05) is 33.3 Å². The number of thiophene rings is 1. The Morgan fingerprint density at radius 3 is 2.25 bits per heavy atom. The van der Waals surface area contributed by atoms with E-state index in [0.717, 1.165) is 16.9 Å². The first-order valence-corrected chi connectivity index (χ1v) is 11.6. The maximum Gasteiger partial charge on any atom is 0.227 e. The zero-order valence-corrected chi connectivity index (χ0v) is 18.8. The van der Waals surface area contributed by atoms with E-state index < -0.39 is 0 Å². The van der Waals surface area contributed by atoms with Gasteiger partial charge in [-0.3, -0.25) is 9.59 Å². The summed E-state index contributed by atoms with van der Waals surface area (Å²) in [5.74, 6) is 2.00. The zero-order valence-electron chi connectivity index (χ0n) is 18.0. The molecule has 0 aliphatic carbocycles. The second-order valence-corrected chi connectivity index (χ2v) is 8.41. The molecule has 2 amide bonds. The Bertz CT molecular complexity index is 1020. The molecule has 0 bridgehead atoms. The van der Waals surface area contributed by atoms with Gasteiger partial charge in [0.25, 0.3) is 0 Å². The van der Waals surface area contributed by atoms with E-state index in [2.05, 4.69) is 10.1 Å². The molecular formula is C23H26N4O4S. The molecule has 168 valence electrons. The number of methoxy groups -OCH3 is 1. The Morgan fingerprint density at radius 2 is 1.66 bits per heavy atom. The Labute approximate surface area is 190 Å². The summed E-state index contributed by atoms with van der Waals surface area (Å²) in [5, 5.41) is 7.88. The van der Waals surface area contributed by atoms with E-state index in [1.54, 1.807) is 18.4 Å². The second-order valence-electron chi connectivity index (χ2n) is 7.63. The van der Waals surface area contributed by atoms with E-state index in [1.165, 1.54) is 0 Å². The summed E-state index contributed by atoms with van der Waals surface area (Å²) < 4.78 is 10.4. The van der Waals surface area contributed by atoms with E-state index in [-0.39, 0.29) is 11.8 Å². The minimum absolute atomic E-state index is 0.0469. The Kier molecular flexibility index (Phi) is 7.16. The average Bonchev–Trinajstić information content (AvgIpc) is 3.53. The summed E-state index contributed by atoms with van der Waals surface area (Å²) in [4.78, 5) is 33.1. The standard InChI is InChI=1S/C23H26N4O4S/c1-30-19-5-2-17(3-6-19)4-8-21(28)26-11-13-27(14-12-26)22(29)9-7-20-24-23(25-31-20)18-10-15-32-16-18/h2-3,5-6,10,15-16H,4,7-9,11-14H2,1H3. The van der Waals surface area contributed by atoms with Gasteiger partial charge in [-0.2, -0.15) is 16.3 Å². The van der Waals surface area contributed by atoms with Gasteiger partial charge in [0.05, 0.1) is 7.11 Å². The van der Waals surface area contributed by atoms with Gasteiger partial charge in [-0.1, -0.05) is 17.3 Å². The number of rotatable bonds is 8. The molecule has 1 aliphatic heterocycles. The van der Waals surface area contributed by atoms with E-state index in [9.17, 15) is 9.59 Å². The monoisotopic (exact) mass is 454 g/mol. The lowest BCUT2D eigenvalue weighted by Crippen LogP contribution is -2.50. The number of carbonyl (C=O) groups excluding carboxylic acids is 2. The van der Waals surface area contributed by atoms with Gasteiger partial charge in [-0.05, 0) is 35.6 Å². The highest BCUT2D eigenvalue weighted by atomic mass is 32.1.